The monoisotopic (exact) mass is 224 g/mol. The van der Waals surface area contributed by atoms with Crippen molar-refractivity contribution in [1.82, 2.24) is 0 Å². The largest absolute Gasteiger partial charge is 0.496 e. The number of ether oxygens (including phenoxy) is 1. The number of methoxy groups -OCH3 is 1. The van der Waals surface area contributed by atoms with Crippen molar-refractivity contribution in [3.63, 3.8) is 0 Å². The van der Waals surface area contributed by atoms with Gasteiger partial charge in [0.1, 0.15) is 11.6 Å². The van der Waals surface area contributed by atoms with Crippen molar-refractivity contribution in [2.24, 2.45) is 0 Å². The predicted molar refractivity (Wildman–Crippen MR) is 65.6 cm³/mol. The smallest absolute Gasteiger partial charge is 0.126 e. The summed E-state index contributed by atoms with van der Waals surface area (Å²) in [6.45, 7) is 8.15. The Hall–Kier alpha value is -1.05. The molecule has 0 bridgehead atoms. The zero-order valence-corrected chi connectivity index (χ0v) is 10.9. The van der Waals surface area contributed by atoms with Crippen LogP contribution in [0.1, 0.15) is 44.7 Å². The summed E-state index contributed by atoms with van der Waals surface area (Å²) in [4.78, 5) is 0. The first-order valence-electron chi connectivity index (χ1n) is 5.77. The van der Waals surface area contributed by atoms with Gasteiger partial charge in [0.25, 0.3) is 0 Å². The molecular formula is C14H21FO. The molecule has 0 heterocycles. The van der Waals surface area contributed by atoms with Crippen LogP contribution in [0.3, 0.4) is 0 Å². The highest BCUT2D eigenvalue weighted by atomic mass is 19.1. The van der Waals surface area contributed by atoms with Crippen molar-refractivity contribution in [2.75, 3.05) is 7.11 Å². The van der Waals surface area contributed by atoms with Gasteiger partial charge in [-0.25, -0.2) is 4.39 Å². The van der Waals surface area contributed by atoms with E-state index in [1.165, 1.54) is 0 Å². The molecule has 0 aromatic heterocycles. The normalized spacial score (nSPS) is 11.6. The minimum Gasteiger partial charge on any atom is -0.496 e. The predicted octanol–water partition coefficient (Wildman–Crippen LogP) is 4.22. The van der Waals surface area contributed by atoms with E-state index in [1.54, 1.807) is 26.2 Å². The summed E-state index contributed by atoms with van der Waals surface area (Å²) < 4.78 is 19.0. The van der Waals surface area contributed by atoms with Gasteiger partial charge in [0.05, 0.1) is 7.11 Å². The third-order valence-electron chi connectivity index (χ3n) is 3.08. The Balaban J connectivity index is 3.26. The van der Waals surface area contributed by atoms with Crippen molar-refractivity contribution in [3.8, 4) is 5.75 Å². The topological polar surface area (TPSA) is 9.23 Å². The van der Waals surface area contributed by atoms with Gasteiger partial charge in [-0.3, -0.25) is 0 Å². The van der Waals surface area contributed by atoms with Crippen molar-refractivity contribution in [2.45, 2.75) is 46.0 Å². The molecule has 0 aliphatic carbocycles. The van der Waals surface area contributed by atoms with E-state index in [0.717, 1.165) is 24.2 Å². The fourth-order valence-electron chi connectivity index (χ4n) is 2.11. The van der Waals surface area contributed by atoms with Gasteiger partial charge in [0.15, 0.2) is 0 Å². The lowest BCUT2D eigenvalue weighted by Crippen LogP contribution is -2.18. The Morgan fingerprint density at radius 3 is 2.44 bits per heavy atom. The Labute approximate surface area is 97.6 Å². The van der Waals surface area contributed by atoms with Crippen LogP contribution in [0.15, 0.2) is 12.1 Å². The lowest BCUT2D eigenvalue weighted by atomic mass is 9.80. The highest BCUT2D eigenvalue weighted by Gasteiger charge is 2.24. The number of aryl methyl sites for hydroxylation is 1. The van der Waals surface area contributed by atoms with E-state index < -0.39 is 0 Å². The second kappa shape index (κ2) is 4.86. The second-order valence-corrected chi connectivity index (χ2v) is 4.94. The molecule has 16 heavy (non-hydrogen) atoms. The molecule has 0 spiro atoms. The molecule has 1 nitrogen and oxygen atoms in total. The lowest BCUT2D eigenvalue weighted by Gasteiger charge is -2.27. The standard InChI is InChI=1S/C14H21FO/c1-6-7-14(3,4)11-9-12(15)10(2)8-13(11)16-5/h8-9H,6-7H2,1-5H3. The van der Waals surface area contributed by atoms with E-state index >= 15 is 0 Å². The lowest BCUT2D eigenvalue weighted by molar-refractivity contribution is 0.381. The zero-order valence-electron chi connectivity index (χ0n) is 10.9. The van der Waals surface area contributed by atoms with Crippen molar-refractivity contribution in [1.29, 1.82) is 0 Å². The molecule has 1 aromatic carbocycles. The number of hydrogen-bond donors (Lipinski definition) is 0. The van der Waals surface area contributed by atoms with Crippen LogP contribution in [0, 0.1) is 12.7 Å². The molecular weight excluding hydrogens is 203 g/mol. The zero-order chi connectivity index (χ0) is 12.3. The van der Waals surface area contributed by atoms with Gasteiger partial charge >= 0.3 is 0 Å². The summed E-state index contributed by atoms with van der Waals surface area (Å²) in [5.41, 5.74) is 1.54. The molecule has 90 valence electrons. The first-order chi connectivity index (χ1) is 7.42. The first kappa shape index (κ1) is 13.0. The molecule has 1 rings (SSSR count). The van der Waals surface area contributed by atoms with Gasteiger partial charge in [0.2, 0.25) is 0 Å². The summed E-state index contributed by atoms with van der Waals surface area (Å²) >= 11 is 0. The summed E-state index contributed by atoms with van der Waals surface area (Å²) in [7, 11) is 1.64. The SMILES string of the molecule is CCCC(C)(C)c1cc(F)c(C)cc1OC. The maximum Gasteiger partial charge on any atom is 0.126 e. The summed E-state index contributed by atoms with van der Waals surface area (Å²) in [5, 5.41) is 0. The van der Waals surface area contributed by atoms with Crippen LogP contribution >= 0.6 is 0 Å². The highest BCUT2D eigenvalue weighted by molar-refractivity contribution is 5.42. The van der Waals surface area contributed by atoms with Crippen LogP contribution in [0.4, 0.5) is 4.39 Å². The molecule has 0 aliphatic heterocycles. The molecule has 0 N–H and O–H groups in total. The van der Waals surface area contributed by atoms with Gasteiger partial charge in [0, 0.05) is 5.56 Å². The van der Waals surface area contributed by atoms with Gasteiger partial charge < -0.3 is 4.74 Å². The van der Waals surface area contributed by atoms with E-state index in [2.05, 4.69) is 20.8 Å². The molecule has 0 saturated carbocycles. The van der Waals surface area contributed by atoms with Crippen LogP contribution in [0.2, 0.25) is 0 Å². The summed E-state index contributed by atoms with van der Waals surface area (Å²) in [6.07, 6.45) is 2.09. The third-order valence-corrected chi connectivity index (χ3v) is 3.08. The average molecular weight is 224 g/mol. The Morgan fingerprint density at radius 1 is 1.31 bits per heavy atom. The highest BCUT2D eigenvalue weighted by Crippen LogP contribution is 2.36. The minimum atomic E-state index is -0.153. The Morgan fingerprint density at radius 2 is 1.94 bits per heavy atom. The minimum absolute atomic E-state index is 0.0470. The van der Waals surface area contributed by atoms with E-state index in [-0.39, 0.29) is 11.2 Å². The van der Waals surface area contributed by atoms with E-state index in [4.69, 9.17) is 4.74 Å². The first-order valence-corrected chi connectivity index (χ1v) is 5.77. The molecule has 0 unspecified atom stereocenters. The maximum atomic E-state index is 13.6. The number of hydrogen-bond acceptors (Lipinski definition) is 1. The molecule has 0 aliphatic rings. The van der Waals surface area contributed by atoms with Crippen LogP contribution in [0.25, 0.3) is 0 Å². The number of halogens is 1. The van der Waals surface area contributed by atoms with Gasteiger partial charge in [-0.2, -0.15) is 0 Å². The fourth-order valence-corrected chi connectivity index (χ4v) is 2.11. The number of rotatable bonds is 4. The van der Waals surface area contributed by atoms with Crippen molar-refractivity contribution < 1.29 is 9.13 Å². The summed E-state index contributed by atoms with van der Waals surface area (Å²) in [6, 6.07) is 3.39. The van der Waals surface area contributed by atoms with Crippen LogP contribution in [-0.2, 0) is 5.41 Å². The van der Waals surface area contributed by atoms with E-state index in [0.29, 0.717) is 5.56 Å². The number of benzene rings is 1. The third kappa shape index (κ3) is 2.55. The van der Waals surface area contributed by atoms with Crippen LogP contribution in [0.5, 0.6) is 5.75 Å². The van der Waals surface area contributed by atoms with Crippen LogP contribution in [-0.4, -0.2) is 7.11 Å². The van der Waals surface area contributed by atoms with Crippen LogP contribution < -0.4 is 4.74 Å². The van der Waals surface area contributed by atoms with E-state index in [9.17, 15) is 4.39 Å². The molecule has 0 radical (unpaired) electrons. The van der Waals surface area contributed by atoms with Crippen molar-refractivity contribution >= 4 is 0 Å². The van der Waals surface area contributed by atoms with E-state index in [1.807, 2.05) is 0 Å². The maximum absolute atomic E-state index is 13.6. The van der Waals surface area contributed by atoms with Gasteiger partial charge in [-0.1, -0.05) is 27.2 Å². The quantitative estimate of drug-likeness (QED) is 0.744. The molecule has 0 saturated heterocycles. The molecule has 1 aromatic rings. The molecule has 0 fully saturated rings. The molecule has 0 amide bonds. The average Bonchev–Trinajstić information content (AvgIpc) is 2.21. The van der Waals surface area contributed by atoms with Crippen molar-refractivity contribution in [3.05, 3.63) is 29.1 Å². The van der Waals surface area contributed by atoms with Gasteiger partial charge in [-0.05, 0) is 36.5 Å². The molecule has 2 heteroatoms. The fraction of sp³-hybridized carbons (Fsp3) is 0.571. The molecule has 0 atom stereocenters. The Bertz CT molecular complexity index is 369. The van der Waals surface area contributed by atoms with Gasteiger partial charge in [-0.15, -0.1) is 0 Å². The summed E-state index contributed by atoms with van der Waals surface area (Å²) in [5.74, 6) is 0.636. The second-order valence-electron chi connectivity index (χ2n) is 4.94. The Kier molecular flexibility index (Phi) is 3.95.